The van der Waals surface area contributed by atoms with Crippen LogP contribution in [0, 0.1) is 13.8 Å². The Morgan fingerprint density at radius 3 is 1.79 bits per heavy atom. The van der Waals surface area contributed by atoms with Crippen molar-refractivity contribution < 1.29 is 4.79 Å². The molecule has 34 heavy (non-hydrogen) atoms. The Morgan fingerprint density at radius 2 is 1.35 bits per heavy atom. The molecule has 3 aromatic rings. The minimum atomic E-state index is -0.568. The number of carbonyl (C=O) groups is 1. The molecule has 1 N–H and O–H groups in total. The number of nitrogens with zero attached hydrogens (tertiary/aromatic N) is 3. The van der Waals surface area contributed by atoms with Crippen LogP contribution in [0.2, 0.25) is 0 Å². The minimum absolute atomic E-state index is 0.126. The first-order valence-electron chi connectivity index (χ1n) is 11.3. The van der Waals surface area contributed by atoms with Gasteiger partial charge in [0.2, 0.25) is 5.91 Å². The molecule has 0 aromatic heterocycles. The molecule has 0 aliphatic carbocycles. The largest absolute Gasteiger partial charge is 0.378 e. The van der Waals surface area contributed by atoms with Crippen molar-refractivity contribution >= 4 is 39.9 Å². The van der Waals surface area contributed by atoms with Gasteiger partial charge in [-0.15, -0.1) is 0 Å². The summed E-state index contributed by atoms with van der Waals surface area (Å²) in [5, 5.41) is 3.59. The highest BCUT2D eigenvalue weighted by Gasteiger charge is 2.44. The molecule has 0 bridgehead atoms. The lowest BCUT2D eigenvalue weighted by Crippen LogP contribution is -2.36. The van der Waals surface area contributed by atoms with Crippen LogP contribution in [0.4, 0.5) is 17.1 Å². The molecule has 1 heterocycles. The summed E-state index contributed by atoms with van der Waals surface area (Å²) in [6, 6.07) is 21.8. The van der Waals surface area contributed by atoms with Gasteiger partial charge in [0.25, 0.3) is 0 Å². The number of thioether (sulfide) groups is 1. The zero-order valence-corrected chi connectivity index (χ0v) is 21.7. The fraction of sp³-hybridized carbons (Fsp3) is 0.286. The molecule has 1 aliphatic rings. The van der Waals surface area contributed by atoms with Gasteiger partial charge in [0.1, 0.15) is 4.75 Å². The third kappa shape index (κ3) is 4.30. The van der Waals surface area contributed by atoms with Crippen LogP contribution in [0.25, 0.3) is 0 Å². The number of aryl methyl sites for hydroxylation is 2. The molecule has 0 saturated heterocycles. The number of rotatable bonds is 4. The molecule has 4 rings (SSSR count). The van der Waals surface area contributed by atoms with Crippen LogP contribution >= 0.6 is 11.8 Å². The average molecular weight is 473 g/mol. The lowest BCUT2D eigenvalue weighted by molar-refractivity contribution is -0.117. The summed E-state index contributed by atoms with van der Waals surface area (Å²) >= 11 is 1.59. The number of carbonyl (C=O) groups excluding carboxylic acids is 1. The van der Waals surface area contributed by atoms with Gasteiger partial charge in [0.15, 0.2) is 5.17 Å². The second-order valence-corrected chi connectivity index (χ2v) is 10.4. The summed E-state index contributed by atoms with van der Waals surface area (Å²) in [6.45, 7) is 5.74. The highest BCUT2D eigenvalue weighted by molar-refractivity contribution is 8.15. The van der Waals surface area contributed by atoms with Crippen LogP contribution in [0.15, 0.2) is 65.7 Å². The first-order chi connectivity index (χ1) is 16.1. The number of fused-ring (bicyclic) bond motifs is 1. The standard InChI is InChI=1S/C28H32N4OS/c1-18-16-19(2)26-25(17-18)28(34-27(30-26)29-20(3)33,21-8-12-23(13-9-21)31(4)5)22-10-14-24(15-11-22)32(6)7/h8-17H,1-7H3,(H,29,30,33). The van der Waals surface area contributed by atoms with Gasteiger partial charge >= 0.3 is 0 Å². The highest BCUT2D eigenvalue weighted by atomic mass is 32.2. The van der Waals surface area contributed by atoms with Gasteiger partial charge in [0, 0.05) is 52.1 Å². The molecule has 0 unspecified atom stereocenters. The number of hydrogen-bond donors (Lipinski definition) is 1. The average Bonchev–Trinajstić information content (AvgIpc) is 2.79. The lowest BCUT2D eigenvalue weighted by atomic mass is 9.81. The Labute approximate surface area is 206 Å². The number of aliphatic imine (C=N–C) groups is 1. The van der Waals surface area contributed by atoms with Crippen molar-refractivity contribution in [1.29, 1.82) is 0 Å². The number of anilines is 2. The number of amides is 1. The molecule has 6 heteroatoms. The zero-order valence-electron chi connectivity index (χ0n) is 20.9. The topological polar surface area (TPSA) is 47.9 Å². The molecular formula is C28H32N4OS. The summed E-state index contributed by atoms with van der Waals surface area (Å²) in [5.41, 5.74) is 8.90. The lowest BCUT2D eigenvalue weighted by Gasteiger charge is -2.39. The van der Waals surface area contributed by atoms with E-state index < -0.39 is 4.75 Å². The molecule has 3 aromatic carbocycles. The molecule has 0 spiro atoms. The van der Waals surface area contributed by atoms with Crippen LogP contribution in [0.5, 0.6) is 0 Å². The maximum Gasteiger partial charge on any atom is 0.222 e. The number of benzene rings is 3. The molecular weight excluding hydrogens is 440 g/mol. The van der Waals surface area contributed by atoms with Gasteiger partial charge in [-0.1, -0.05) is 53.7 Å². The number of amidine groups is 1. The monoisotopic (exact) mass is 472 g/mol. The van der Waals surface area contributed by atoms with Gasteiger partial charge < -0.3 is 15.1 Å². The fourth-order valence-electron chi connectivity index (χ4n) is 4.49. The molecule has 176 valence electrons. The maximum atomic E-state index is 12.1. The normalized spacial score (nSPS) is 14.1. The predicted octanol–water partition coefficient (Wildman–Crippen LogP) is 5.60. The number of nitrogens with one attached hydrogen (secondary N) is 1. The Bertz CT molecular complexity index is 1190. The Kier molecular flexibility index (Phi) is 6.45. The number of hydrogen-bond acceptors (Lipinski definition) is 5. The van der Waals surface area contributed by atoms with Crippen molar-refractivity contribution in [3.8, 4) is 0 Å². The second kappa shape index (κ2) is 9.18. The van der Waals surface area contributed by atoms with E-state index in [1.807, 2.05) is 28.2 Å². The summed E-state index contributed by atoms with van der Waals surface area (Å²) in [6.07, 6.45) is 0. The summed E-state index contributed by atoms with van der Waals surface area (Å²) in [4.78, 5) is 21.2. The van der Waals surface area contributed by atoms with Gasteiger partial charge in [-0.2, -0.15) is 0 Å². The zero-order chi connectivity index (χ0) is 24.6. The van der Waals surface area contributed by atoms with Crippen molar-refractivity contribution in [2.45, 2.75) is 25.5 Å². The van der Waals surface area contributed by atoms with Crippen LogP contribution in [0.3, 0.4) is 0 Å². The Balaban J connectivity index is 2.04. The predicted molar refractivity (Wildman–Crippen MR) is 146 cm³/mol. The quantitative estimate of drug-likeness (QED) is 0.537. The van der Waals surface area contributed by atoms with E-state index in [4.69, 9.17) is 4.99 Å². The van der Waals surface area contributed by atoms with E-state index in [0.717, 1.165) is 39.3 Å². The van der Waals surface area contributed by atoms with E-state index in [1.165, 1.54) is 12.5 Å². The van der Waals surface area contributed by atoms with Crippen LogP contribution < -0.4 is 15.1 Å². The summed E-state index contributed by atoms with van der Waals surface area (Å²) < 4.78 is -0.568. The van der Waals surface area contributed by atoms with E-state index in [0.29, 0.717) is 5.17 Å². The van der Waals surface area contributed by atoms with E-state index in [9.17, 15) is 4.79 Å². The Hall–Kier alpha value is -3.25. The van der Waals surface area contributed by atoms with Crippen molar-refractivity contribution in [2.24, 2.45) is 4.99 Å². The molecule has 0 radical (unpaired) electrons. The van der Waals surface area contributed by atoms with Crippen LogP contribution in [-0.4, -0.2) is 39.3 Å². The SMILES string of the molecule is CC(=O)NC1=Nc2c(C)cc(C)cc2C(c2ccc(N(C)C)cc2)(c2ccc(N(C)C)cc2)S1. The molecule has 0 saturated carbocycles. The maximum absolute atomic E-state index is 12.1. The summed E-state index contributed by atoms with van der Waals surface area (Å²) in [5.74, 6) is -0.126. The molecule has 0 fully saturated rings. The van der Waals surface area contributed by atoms with Crippen molar-refractivity contribution in [2.75, 3.05) is 38.0 Å². The third-order valence-electron chi connectivity index (χ3n) is 6.15. The fourth-order valence-corrected chi connectivity index (χ4v) is 5.88. The first kappa shape index (κ1) is 23.9. The summed E-state index contributed by atoms with van der Waals surface area (Å²) in [7, 11) is 8.18. The molecule has 1 aliphatic heterocycles. The molecule has 5 nitrogen and oxygen atoms in total. The smallest absolute Gasteiger partial charge is 0.222 e. The van der Waals surface area contributed by atoms with E-state index in [1.54, 1.807) is 11.8 Å². The minimum Gasteiger partial charge on any atom is -0.378 e. The van der Waals surface area contributed by atoms with Gasteiger partial charge in [-0.25, -0.2) is 4.99 Å². The van der Waals surface area contributed by atoms with Gasteiger partial charge in [-0.05, 0) is 54.8 Å². The van der Waals surface area contributed by atoms with E-state index >= 15 is 0 Å². The van der Waals surface area contributed by atoms with Crippen molar-refractivity contribution in [1.82, 2.24) is 5.32 Å². The van der Waals surface area contributed by atoms with Crippen molar-refractivity contribution in [3.05, 3.63) is 88.5 Å². The van der Waals surface area contributed by atoms with E-state index in [2.05, 4.69) is 89.6 Å². The Morgan fingerprint density at radius 1 is 0.853 bits per heavy atom. The highest BCUT2D eigenvalue weighted by Crippen LogP contribution is 2.55. The van der Waals surface area contributed by atoms with E-state index in [-0.39, 0.29) is 5.91 Å². The van der Waals surface area contributed by atoms with Gasteiger partial charge in [-0.3, -0.25) is 4.79 Å². The van der Waals surface area contributed by atoms with Gasteiger partial charge in [0.05, 0.1) is 5.69 Å². The molecule has 0 atom stereocenters. The van der Waals surface area contributed by atoms with Crippen LogP contribution in [-0.2, 0) is 9.54 Å². The van der Waals surface area contributed by atoms with Crippen molar-refractivity contribution in [3.63, 3.8) is 0 Å². The first-order valence-corrected chi connectivity index (χ1v) is 12.2. The molecule has 1 amide bonds. The second-order valence-electron chi connectivity index (χ2n) is 9.24. The third-order valence-corrected chi connectivity index (χ3v) is 7.53. The van der Waals surface area contributed by atoms with Crippen LogP contribution in [0.1, 0.15) is 34.7 Å².